The van der Waals surface area contributed by atoms with Crippen LogP contribution in [0.4, 0.5) is 58.7 Å². The molecule has 2 aromatic heterocycles. The Balaban J connectivity index is 0.000000381. The number of aromatic hydroxyl groups is 1. The Morgan fingerprint density at radius 2 is 0.925 bits per heavy atom. The van der Waals surface area contributed by atoms with Crippen molar-refractivity contribution < 1.29 is 55.4 Å². The van der Waals surface area contributed by atoms with Gasteiger partial charge in [-0.25, -0.2) is 9.59 Å². The van der Waals surface area contributed by atoms with E-state index >= 15 is 0 Å². The summed E-state index contributed by atoms with van der Waals surface area (Å²) in [7, 11) is 3.03. The monoisotopic (exact) mass is 1110 g/mol. The van der Waals surface area contributed by atoms with E-state index < -0.39 is 45.6 Å². The van der Waals surface area contributed by atoms with Crippen LogP contribution in [0.2, 0.25) is 15.1 Å². The van der Waals surface area contributed by atoms with Crippen LogP contribution in [0.25, 0.3) is 0 Å². The van der Waals surface area contributed by atoms with Gasteiger partial charge in [-0.15, -0.1) is 24.0 Å². The first-order chi connectivity index (χ1) is 30.6. The van der Waals surface area contributed by atoms with E-state index in [0.29, 0.717) is 33.6 Å². The fraction of sp³-hybridized carbons (Fsp3) is 0.116. The molecule has 14 nitrogen and oxygen atoms in total. The van der Waals surface area contributed by atoms with Gasteiger partial charge in [0.05, 0.1) is 21.2 Å². The maximum atomic E-state index is 12.9. The molecule has 4 aromatic carbocycles. The van der Waals surface area contributed by atoms with E-state index in [1.807, 2.05) is 0 Å². The molecule has 0 aliphatic carbocycles. The number of carbonyl (C=O) groups excluding carboxylic acids is 4. The van der Waals surface area contributed by atoms with E-state index in [2.05, 4.69) is 41.9 Å². The standard InChI is InChI=1S/C21H16ClF3N4O3.C14H10ClF3N2O2.C7H7ClN2O.CH4.HI/c1-26-19(30)18-11-15(8-9-27-18)32-14-5-2-12(3-6-14)28-20(31)29-13-4-7-17(22)16(10-13)21(23,24)25;15-12-6-3-9(7-11(12)14(16,17)18)20-13(22)19-8-1-4-10(21)5-2-8;1-9-7(11)6-4-5(8)2-3-10-6;;/h2-11H,1H3,(H,26,30)(H2,28,29,31);1-7,21H,(H2,19,20,22);2-4H,1H3,(H,9,11);1H4;1H. The van der Waals surface area contributed by atoms with Crippen molar-refractivity contribution in [2.45, 2.75) is 19.8 Å². The topological polar surface area (TPSA) is 196 Å². The number of ether oxygens (including phenoxy) is 1. The predicted molar refractivity (Wildman–Crippen MR) is 255 cm³/mol. The number of halogens is 10. The summed E-state index contributed by atoms with van der Waals surface area (Å²) < 4.78 is 82.6. The minimum Gasteiger partial charge on any atom is -0.508 e. The summed E-state index contributed by atoms with van der Waals surface area (Å²) in [4.78, 5) is 54.2. The number of pyridine rings is 2. The number of nitrogens with zero attached hydrogens (tertiary/aromatic N) is 2. The zero-order valence-corrected chi connectivity index (χ0v) is 38.3. The molecule has 0 aliphatic rings. The first-order valence-electron chi connectivity index (χ1n) is 18.1. The Morgan fingerprint density at radius 1 is 0.537 bits per heavy atom. The second kappa shape index (κ2) is 26.0. The van der Waals surface area contributed by atoms with Gasteiger partial charge in [0.1, 0.15) is 28.6 Å². The zero-order chi connectivity index (χ0) is 47.9. The van der Waals surface area contributed by atoms with Crippen LogP contribution in [0.15, 0.2) is 122 Å². The molecule has 0 aliphatic heterocycles. The number of urea groups is 2. The number of hydrogen-bond donors (Lipinski definition) is 7. The lowest BCUT2D eigenvalue weighted by Gasteiger charge is -2.12. The number of rotatable bonds is 8. The molecule has 0 radical (unpaired) electrons. The highest BCUT2D eigenvalue weighted by molar-refractivity contribution is 14.0. The van der Waals surface area contributed by atoms with Gasteiger partial charge in [-0.3, -0.25) is 19.6 Å². The molecule has 0 fully saturated rings. The SMILES string of the molecule is C.CNC(=O)c1cc(Cl)ccn1.CNC(=O)c1cc(Oc2ccc(NC(=O)Nc3ccc(Cl)c(C(F)(F)F)c3)cc2)ccn1.I.O=C(Nc1ccc(O)cc1)Nc1ccc(Cl)c(C(F)(F)F)c1. The van der Waals surface area contributed by atoms with Crippen molar-refractivity contribution in [2.75, 3.05) is 35.4 Å². The molecule has 7 N–H and O–H groups in total. The number of alkyl halides is 6. The van der Waals surface area contributed by atoms with Crippen LogP contribution in [-0.4, -0.2) is 53.0 Å². The molecule has 0 spiro atoms. The number of amides is 6. The van der Waals surface area contributed by atoms with Crippen LogP contribution >= 0.6 is 58.8 Å². The molecule has 6 amide bonds. The number of nitrogens with one attached hydrogen (secondary N) is 6. The molecule has 67 heavy (non-hydrogen) atoms. The van der Waals surface area contributed by atoms with E-state index in [1.54, 1.807) is 43.4 Å². The molecule has 356 valence electrons. The first-order valence-corrected chi connectivity index (χ1v) is 19.3. The summed E-state index contributed by atoms with van der Waals surface area (Å²) in [6.07, 6.45) is -6.33. The number of benzene rings is 4. The number of phenolic OH excluding ortho intramolecular Hbond substituents is 1. The summed E-state index contributed by atoms with van der Waals surface area (Å²) in [6, 6.07) is 22.7. The second-order valence-corrected chi connectivity index (χ2v) is 13.9. The third-order valence-corrected chi connectivity index (χ3v) is 8.80. The minimum absolute atomic E-state index is 0. The highest BCUT2D eigenvalue weighted by Crippen LogP contribution is 2.37. The van der Waals surface area contributed by atoms with Crippen molar-refractivity contribution in [2.24, 2.45) is 0 Å². The quantitative estimate of drug-likeness (QED) is 0.0444. The Hall–Kier alpha value is -6.56. The fourth-order valence-corrected chi connectivity index (χ4v) is 5.51. The maximum Gasteiger partial charge on any atom is 0.417 e. The molecule has 6 rings (SSSR count). The lowest BCUT2D eigenvalue weighted by molar-refractivity contribution is -0.138. The number of anilines is 4. The van der Waals surface area contributed by atoms with Crippen molar-refractivity contribution in [3.63, 3.8) is 0 Å². The second-order valence-electron chi connectivity index (χ2n) is 12.6. The Labute approximate surface area is 410 Å². The molecule has 0 unspecified atom stereocenters. The van der Waals surface area contributed by atoms with Crippen molar-refractivity contribution >= 4 is 105 Å². The lowest BCUT2D eigenvalue weighted by atomic mass is 10.2. The molecule has 6 aromatic rings. The van der Waals surface area contributed by atoms with Gasteiger partial charge in [-0.05, 0) is 103 Å². The molecule has 0 saturated carbocycles. The van der Waals surface area contributed by atoms with Crippen molar-refractivity contribution in [1.82, 2.24) is 20.6 Å². The van der Waals surface area contributed by atoms with Gasteiger partial charge in [0, 0.05) is 60.3 Å². The van der Waals surface area contributed by atoms with Crippen LogP contribution in [0.3, 0.4) is 0 Å². The summed E-state index contributed by atoms with van der Waals surface area (Å²) in [6.45, 7) is 0. The third kappa shape index (κ3) is 18.3. The highest BCUT2D eigenvalue weighted by Gasteiger charge is 2.34. The average molecular weight is 1110 g/mol. The van der Waals surface area contributed by atoms with Crippen LogP contribution in [0, 0.1) is 0 Å². The molecule has 24 heteroatoms. The molecule has 2 heterocycles. The average Bonchev–Trinajstić information content (AvgIpc) is 3.25. The number of phenols is 1. The summed E-state index contributed by atoms with van der Waals surface area (Å²) in [5.41, 5.74) is -0.917. The van der Waals surface area contributed by atoms with Gasteiger partial charge < -0.3 is 41.7 Å². The predicted octanol–water partition coefficient (Wildman–Crippen LogP) is 12.6. The third-order valence-electron chi connectivity index (χ3n) is 7.91. The van der Waals surface area contributed by atoms with Gasteiger partial charge in [-0.1, -0.05) is 42.2 Å². The smallest absolute Gasteiger partial charge is 0.417 e. The summed E-state index contributed by atoms with van der Waals surface area (Å²) in [5, 5.41) is 23.1. The maximum absolute atomic E-state index is 12.9. The molecular formula is C43H38Cl3F6IN8O6. The normalized spacial score (nSPS) is 10.4. The van der Waals surface area contributed by atoms with Gasteiger partial charge in [0.25, 0.3) is 11.8 Å². The number of carbonyl (C=O) groups is 4. The van der Waals surface area contributed by atoms with Gasteiger partial charge in [0.2, 0.25) is 0 Å². The Bertz CT molecular complexity index is 2630. The van der Waals surface area contributed by atoms with Crippen LogP contribution < -0.4 is 36.6 Å². The van der Waals surface area contributed by atoms with E-state index in [0.717, 1.165) is 24.3 Å². The molecular weight excluding hydrogens is 1070 g/mol. The first kappa shape index (κ1) is 56.6. The lowest BCUT2D eigenvalue weighted by Crippen LogP contribution is -2.19. The van der Waals surface area contributed by atoms with Gasteiger partial charge >= 0.3 is 24.4 Å². The van der Waals surface area contributed by atoms with Crippen LogP contribution in [0.5, 0.6) is 17.2 Å². The zero-order valence-electron chi connectivity index (χ0n) is 33.7. The number of aromatic nitrogens is 2. The van der Waals surface area contributed by atoms with Crippen LogP contribution in [-0.2, 0) is 12.4 Å². The summed E-state index contributed by atoms with van der Waals surface area (Å²) >= 11 is 16.7. The van der Waals surface area contributed by atoms with E-state index in [-0.39, 0.29) is 66.0 Å². The highest BCUT2D eigenvalue weighted by atomic mass is 127. The van der Waals surface area contributed by atoms with E-state index in [9.17, 15) is 45.5 Å². The van der Waals surface area contributed by atoms with Gasteiger partial charge in [-0.2, -0.15) is 26.3 Å². The Kier molecular flexibility index (Phi) is 21.9. The molecule has 0 bridgehead atoms. The molecule has 0 saturated heterocycles. The van der Waals surface area contributed by atoms with E-state index in [1.165, 1.54) is 68.0 Å². The van der Waals surface area contributed by atoms with Crippen molar-refractivity contribution in [3.8, 4) is 17.2 Å². The minimum atomic E-state index is -4.64. The summed E-state index contributed by atoms with van der Waals surface area (Å²) in [5.74, 6) is 0.257. The van der Waals surface area contributed by atoms with Crippen molar-refractivity contribution in [3.05, 3.63) is 159 Å². The Morgan fingerprint density at radius 3 is 1.34 bits per heavy atom. The number of hydrogen-bond acceptors (Lipinski definition) is 8. The largest absolute Gasteiger partial charge is 0.508 e. The van der Waals surface area contributed by atoms with E-state index in [4.69, 9.17) is 44.6 Å². The van der Waals surface area contributed by atoms with Crippen molar-refractivity contribution in [1.29, 1.82) is 0 Å². The molecule has 0 atom stereocenters. The van der Waals surface area contributed by atoms with Crippen LogP contribution in [0.1, 0.15) is 39.5 Å². The van der Waals surface area contributed by atoms with Gasteiger partial charge in [0.15, 0.2) is 0 Å². The fourth-order valence-electron chi connectivity index (χ4n) is 4.90.